The van der Waals surface area contributed by atoms with E-state index in [1.54, 1.807) is 0 Å². The van der Waals surface area contributed by atoms with E-state index in [1.807, 2.05) is 0 Å². The quantitative estimate of drug-likeness (QED) is 0.0283. The van der Waals surface area contributed by atoms with Gasteiger partial charge in [0.1, 0.15) is 6.61 Å². The lowest BCUT2D eigenvalue weighted by Crippen LogP contribution is -2.29. The Bertz CT molecular complexity index is 979. The molecule has 0 saturated carbocycles. The van der Waals surface area contributed by atoms with Gasteiger partial charge in [-0.2, -0.15) is 0 Å². The number of rotatable bonds is 41. The average molecular weight is 783 g/mol. The van der Waals surface area contributed by atoms with Gasteiger partial charge < -0.3 is 14.4 Å². The number of carbonyl (C=O) groups is 2. The van der Waals surface area contributed by atoms with Gasteiger partial charge in [0.15, 0.2) is 6.10 Å². The maximum Gasteiger partial charge on any atom is 0.472 e. The number of phosphoric acid groups is 1. The number of esters is 2. The van der Waals surface area contributed by atoms with Crippen molar-refractivity contribution in [3.63, 3.8) is 0 Å². The minimum atomic E-state index is -4.26. The molecule has 316 valence electrons. The molecule has 8 nitrogen and oxygen atoms in total. The molecular formula is C45H83O8P. The van der Waals surface area contributed by atoms with Crippen LogP contribution in [0.15, 0.2) is 36.5 Å². The molecule has 0 aliphatic carbocycles. The molecule has 0 spiro atoms. The van der Waals surface area contributed by atoms with Crippen LogP contribution in [0.3, 0.4) is 0 Å². The first kappa shape index (κ1) is 52.3. The predicted octanol–water partition coefficient (Wildman–Crippen LogP) is 14.0. The lowest BCUT2D eigenvalue weighted by molar-refractivity contribution is -0.161. The second kappa shape index (κ2) is 40.9. The second-order valence-electron chi connectivity index (χ2n) is 14.8. The molecule has 0 heterocycles. The van der Waals surface area contributed by atoms with Gasteiger partial charge in [0.05, 0.1) is 6.61 Å². The molecule has 0 rings (SSSR count). The average Bonchev–Trinajstić information content (AvgIpc) is 3.16. The predicted molar refractivity (Wildman–Crippen MR) is 226 cm³/mol. The number of unbranched alkanes of at least 4 members (excludes halogenated alkanes) is 24. The molecule has 0 amide bonds. The van der Waals surface area contributed by atoms with Crippen LogP contribution >= 0.6 is 7.82 Å². The molecule has 0 bridgehead atoms. The highest BCUT2D eigenvalue weighted by molar-refractivity contribution is 7.47. The van der Waals surface area contributed by atoms with Crippen LogP contribution in [-0.4, -0.2) is 43.3 Å². The van der Waals surface area contributed by atoms with Gasteiger partial charge in [-0.25, -0.2) is 4.57 Å². The molecular weight excluding hydrogens is 699 g/mol. The van der Waals surface area contributed by atoms with Crippen molar-refractivity contribution in [1.82, 2.24) is 0 Å². The summed E-state index contributed by atoms with van der Waals surface area (Å²) in [6.07, 6.45) is 47.6. The lowest BCUT2D eigenvalue weighted by atomic mass is 10.1. The Morgan fingerprint density at radius 1 is 0.519 bits per heavy atom. The SMILES string of the molecule is CCCCC/C=C\C/C=C\CCCCCCCCCC(=O)OC(COC(=O)CCCCCCCCC/C=C\CCCCCCCCC)COP(=O)(O)OC. The van der Waals surface area contributed by atoms with Gasteiger partial charge in [0, 0.05) is 20.0 Å². The maximum absolute atomic E-state index is 12.5. The van der Waals surface area contributed by atoms with Gasteiger partial charge in [-0.05, 0) is 70.6 Å². The zero-order valence-corrected chi connectivity index (χ0v) is 36.0. The minimum Gasteiger partial charge on any atom is -0.462 e. The monoisotopic (exact) mass is 783 g/mol. The maximum atomic E-state index is 12.5. The van der Waals surface area contributed by atoms with E-state index in [0.717, 1.165) is 58.5 Å². The second-order valence-corrected chi connectivity index (χ2v) is 16.4. The molecule has 0 radical (unpaired) electrons. The van der Waals surface area contributed by atoms with Crippen molar-refractivity contribution < 1.29 is 37.6 Å². The summed E-state index contributed by atoms with van der Waals surface area (Å²) in [5.41, 5.74) is 0. The zero-order valence-electron chi connectivity index (χ0n) is 35.1. The summed E-state index contributed by atoms with van der Waals surface area (Å²) in [7, 11) is -3.20. The molecule has 0 saturated heterocycles. The molecule has 0 aromatic heterocycles. The van der Waals surface area contributed by atoms with E-state index in [4.69, 9.17) is 14.0 Å². The van der Waals surface area contributed by atoms with E-state index in [1.165, 1.54) is 128 Å². The van der Waals surface area contributed by atoms with Crippen LogP contribution in [0.4, 0.5) is 0 Å². The molecule has 0 aromatic carbocycles. The summed E-state index contributed by atoms with van der Waals surface area (Å²) in [5, 5.41) is 0. The van der Waals surface area contributed by atoms with Gasteiger partial charge in [0.25, 0.3) is 0 Å². The van der Waals surface area contributed by atoms with Crippen molar-refractivity contribution in [2.24, 2.45) is 0 Å². The topological polar surface area (TPSA) is 108 Å². The third-order valence-electron chi connectivity index (χ3n) is 9.61. The highest BCUT2D eigenvalue weighted by atomic mass is 31.2. The number of ether oxygens (including phenoxy) is 2. The number of hydrogen-bond acceptors (Lipinski definition) is 7. The van der Waals surface area contributed by atoms with Gasteiger partial charge in [-0.3, -0.25) is 18.6 Å². The van der Waals surface area contributed by atoms with Gasteiger partial charge in [0.2, 0.25) is 0 Å². The largest absolute Gasteiger partial charge is 0.472 e. The number of phosphoric ester groups is 1. The van der Waals surface area contributed by atoms with E-state index < -0.39 is 26.5 Å². The van der Waals surface area contributed by atoms with Gasteiger partial charge in [-0.15, -0.1) is 0 Å². The van der Waals surface area contributed by atoms with E-state index in [-0.39, 0.29) is 25.4 Å². The molecule has 2 atom stereocenters. The molecule has 0 aliphatic heterocycles. The third-order valence-corrected chi connectivity index (χ3v) is 10.5. The van der Waals surface area contributed by atoms with Crippen molar-refractivity contribution >= 4 is 19.8 Å². The smallest absolute Gasteiger partial charge is 0.462 e. The Hall–Kier alpha value is -1.73. The van der Waals surface area contributed by atoms with E-state index in [0.29, 0.717) is 6.42 Å². The summed E-state index contributed by atoms with van der Waals surface area (Å²) >= 11 is 0. The molecule has 0 aliphatic rings. The number of allylic oxidation sites excluding steroid dienone is 6. The van der Waals surface area contributed by atoms with E-state index in [2.05, 4.69) is 54.8 Å². The Morgan fingerprint density at radius 3 is 1.35 bits per heavy atom. The Balaban J connectivity index is 3.99. The van der Waals surface area contributed by atoms with Crippen LogP contribution in [-0.2, 0) is 32.7 Å². The normalized spacial score (nSPS) is 13.6. The lowest BCUT2D eigenvalue weighted by Gasteiger charge is -2.19. The molecule has 54 heavy (non-hydrogen) atoms. The van der Waals surface area contributed by atoms with Crippen LogP contribution in [0.2, 0.25) is 0 Å². The molecule has 0 fully saturated rings. The highest BCUT2D eigenvalue weighted by Gasteiger charge is 2.24. The summed E-state index contributed by atoms with van der Waals surface area (Å²) in [4.78, 5) is 34.5. The van der Waals surface area contributed by atoms with Gasteiger partial charge in [-0.1, -0.05) is 166 Å². The van der Waals surface area contributed by atoms with Crippen LogP contribution in [0.5, 0.6) is 0 Å². The summed E-state index contributed by atoms with van der Waals surface area (Å²) in [6, 6.07) is 0. The summed E-state index contributed by atoms with van der Waals surface area (Å²) < 4.78 is 32.0. The van der Waals surface area contributed by atoms with Gasteiger partial charge >= 0.3 is 19.8 Å². The Labute approximate surface area is 332 Å². The van der Waals surface area contributed by atoms with Crippen LogP contribution in [0, 0.1) is 0 Å². The van der Waals surface area contributed by atoms with Crippen LogP contribution in [0.1, 0.15) is 213 Å². The van der Waals surface area contributed by atoms with Crippen molar-refractivity contribution in [3.05, 3.63) is 36.5 Å². The Kier molecular flexibility index (Phi) is 39.6. The fourth-order valence-electron chi connectivity index (χ4n) is 6.15. The number of carbonyl (C=O) groups excluding carboxylic acids is 2. The first-order valence-electron chi connectivity index (χ1n) is 22.2. The summed E-state index contributed by atoms with van der Waals surface area (Å²) in [5.74, 6) is -0.813. The minimum absolute atomic E-state index is 0.229. The van der Waals surface area contributed by atoms with E-state index >= 15 is 0 Å². The molecule has 1 N–H and O–H groups in total. The zero-order chi connectivity index (χ0) is 39.6. The highest BCUT2D eigenvalue weighted by Crippen LogP contribution is 2.42. The standard InChI is InChI=1S/C45H83O8P/c1-4-6-8-10-12-14-16-18-20-22-24-25-27-29-31-33-35-37-39-44(46)51-41-43(42-52-54(48,49)50-3)53-45(47)40-38-36-34-32-30-28-26-23-21-19-17-15-13-11-9-7-5-2/h13,15,19-22,43H,4-12,14,16-18,23-42H2,1-3H3,(H,48,49)/b15-13-,21-19-,22-20-. The molecule has 2 unspecified atom stereocenters. The fraction of sp³-hybridized carbons (Fsp3) is 0.822. The van der Waals surface area contributed by atoms with Crippen LogP contribution in [0.25, 0.3) is 0 Å². The fourth-order valence-corrected chi connectivity index (χ4v) is 6.61. The third kappa shape index (κ3) is 39.9. The van der Waals surface area contributed by atoms with Crippen molar-refractivity contribution in [2.45, 2.75) is 219 Å². The van der Waals surface area contributed by atoms with Crippen molar-refractivity contribution in [2.75, 3.05) is 20.3 Å². The Morgan fingerprint density at radius 2 is 0.889 bits per heavy atom. The van der Waals surface area contributed by atoms with Crippen LogP contribution < -0.4 is 0 Å². The molecule has 0 aromatic rings. The first-order chi connectivity index (χ1) is 26.3. The van der Waals surface area contributed by atoms with Crippen molar-refractivity contribution in [3.8, 4) is 0 Å². The number of hydrogen-bond donors (Lipinski definition) is 1. The molecule has 9 heteroatoms. The first-order valence-corrected chi connectivity index (χ1v) is 23.7. The van der Waals surface area contributed by atoms with Crippen molar-refractivity contribution in [1.29, 1.82) is 0 Å². The summed E-state index contributed by atoms with van der Waals surface area (Å²) in [6.45, 7) is 3.86. The van der Waals surface area contributed by atoms with E-state index in [9.17, 15) is 19.0 Å².